The molecule has 5 rings (SSSR count). The van der Waals surface area contributed by atoms with E-state index in [1.807, 2.05) is 93.6 Å². The first-order chi connectivity index (χ1) is 26.9. The lowest BCUT2D eigenvalue weighted by molar-refractivity contribution is -0.114. The summed E-state index contributed by atoms with van der Waals surface area (Å²) in [6.07, 6.45) is 6.30. The molecule has 0 spiro atoms. The third kappa shape index (κ3) is 12.4. The van der Waals surface area contributed by atoms with Crippen molar-refractivity contribution in [3.63, 3.8) is 0 Å². The minimum Gasteiger partial charge on any atom is -0.364 e. The third-order valence-corrected chi connectivity index (χ3v) is 10.6. The van der Waals surface area contributed by atoms with E-state index in [2.05, 4.69) is 64.3 Å². The van der Waals surface area contributed by atoms with Gasteiger partial charge in [-0.15, -0.1) is 0 Å². The first-order valence-electron chi connectivity index (χ1n) is 20.8. The maximum Gasteiger partial charge on any atom is 0.251 e. The third-order valence-electron chi connectivity index (χ3n) is 10.6. The van der Waals surface area contributed by atoms with Gasteiger partial charge in [-0.25, -0.2) is 5.32 Å². The van der Waals surface area contributed by atoms with Gasteiger partial charge in [0.15, 0.2) is 31.4 Å². The molecule has 0 bridgehead atoms. The Bertz CT molecular complexity index is 1620. The molecule has 308 valence electrons. The van der Waals surface area contributed by atoms with E-state index in [1.165, 1.54) is 12.8 Å². The molecule has 0 radical (unpaired) electrons. The molecule has 56 heavy (non-hydrogen) atoms. The predicted octanol–water partition coefficient (Wildman–Crippen LogP) is 8.29. The molecule has 2 aliphatic rings. The van der Waals surface area contributed by atoms with Crippen molar-refractivity contribution < 1.29 is 24.5 Å². The maximum absolute atomic E-state index is 12.7. The number of hydrogen-bond donors (Lipinski definition) is 7. The number of unbranched alkanes of at least 4 members (excludes halogenated alkanes) is 2. The first kappa shape index (κ1) is 43.4. The Hall–Kier alpha value is -3.75. The van der Waals surface area contributed by atoms with Gasteiger partial charge >= 0.3 is 0 Å². The van der Waals surface area contributed by atoms with Crippen molar-refractivity contribution in [3.05, 3.63) is 89.5 Å². The second-order valence-electron chi connectivity index (χ2n) is 16.3. The first-order valence-corrected chi connectivity index (χ1v) is 20.8. The second kappa shape index (κ2) is 20.6. The summed E-state index contributed by atoms with van der Waals surface area (Å²) in [5.74, 6) is 0.780. The van der Waals surface area contributed by atoms with E-state index in [1.54, 1.807) is 0 Å². The standard InChI is InChI=1S/C44H67N7O5/c1-8-12-14-30(10-3)28-55-39(53)33-18-24-36(25-19-33)46-42-48-41(45-35-22-16-32(17-23-35)38(52)49-44(5,6)7)50-43(51(42)50)47-37-26-20-34(21-27-37)40(54)56-29-31(11-4)15-13-9-2/h16-27,30-31,39-43,45-48,53-54H,8-15,28-29H2,1-7H3,(H,49,52). The number of amides is 1. The van der Waals surface area contributed by atoms with Gasteiger partial charge in [-0.2, -0.15) is 10.0 Å². The quantitative estimate of drug-likeness (QED) is 0.0370. The number of hydrogen-bond acceptors (Lipinski definition) is 11. The normalized spacial score (nSPS) is 22.4. The number of nitrogens with zero attached hydrogens (tertiary/aromatic N) is 2. The second-order valence-corrected chi connectivity index (χ2v) is 16.3. The van der Waals surface area contributed by atoms with Crippen LogP contribution in [0.3, 0.4) is 0 Å². The van der Waals surface area contributed by atoms with Gasteiger partial charge in [-0.05, 0) is 94.0 Å². The van der Waals surface area contributed by atoms with Crippen LogP contribution in [0.2, 0.25) is 0 Å². The maximum atomic E-state index is 12.7. The number of hydrazine groups is 1. The van der Waals surface area contributed by atoms with Gasteiger partial charge in [0.2, 0.25) is 0 Å². The fourth-order valence-electron chi connectivity index (χ4n) is 6.92. The van der Waals surface area contributed by atoms with Gasteiger partial charge in [0, 0.05) is 39.3 Å². The van der Waals surface area contributed by atoms with E-state index in [-0.39, 0.29) is 30.3 Å². The Morgan fingerprint density at radius 1 is 0.679 bits per heavy atom. The lowest BCUT2D eigenvalue weighted by Gasteiger charge is -2.24. The van der Waals surface area contributed by atoms with E-state index < -0.39 is 12.6 Å². The number of carbonyl (C=O) groups is 1. The van der Waals surface area contributed by atoms with Crippen LogP contribution in [-0.2, 0) is 9.47 Å². The summed E-state index contributed by atoms with van der Waals surface area (Å²) in [5, 5.41) is 43.3. The summed E-state index contributed by atoms with van der Waals surface area (Å²) < 4.78 is 11.7. The van der Waals surface area contributed by atoms with Crippen molar-refractivity contribution in [2.24, 2.45) is 11.8 Å². The summed E-state index contributed by atoms with van der Waals surface area (Å²) in [6.45, 7) is 15.7. The highest BCUT2D eigenvalue weighted by molar-refractivity contribution is 5.95. The van der Waals surface area contributed by atoms with Crippen LogP contribution in [0.1, 0.15) is 134 Å². The van der Waals surface area contributed by atoms with Crippen LogP contribution in [-0.4, -0.2) is 63.8 Å². The summed E-state index contributed by atoms with van der Waals surface area (Å²) >= 11 is 0. The van der Waals surface area contributed by atoms with Crippen molar-refractivity contribution in [1.29, 1.82) is 0 Å². The Labute approximate surface area is 334 Å². The van der Waals surface area contributed by atoms with Crippen molar-refractivity contribution in [2.75, 3.05) is 29.2 Å². The van der Waals surface area contributed by atoms with E-state index in [0.29, 0.717) is 36.2 Å². The molecule has 3 aromatic carbocycles. The average Bonchev–Trinajstić information content (AvgIpc) is 3.78. The predicted molar refractivity (Wildman–Crippen MR) is 224 cm³/mol. The molecule has 2 aliphatic heterocycles. The topological polar surface area (TPSA) is 142 Å². The lowest BCUT2D eigenvalue weighted by atomic mass is 10.0. The smallest absolute Gasteiger partial charge is 0.251 e. The Kier molecular flexibility index (Phi) is 16.0. The summed E-state index contributed by atoms with van der Waals surface area (Å²) in [6, 6.07) is 22.9. The molecule has 1 amide bonds. The lowest BCUT2D eigenvalue weighted by Crippen LogP contribution is -2.49. The number of nitrogens with one attached hydrogen (secondary N) is 5. The molecule has 7 N–H and O–H groups in total. The van der Waals surface area contributed by atoms with Gasteiger partial charge < -0.3 is 41.0 Å². The highest BCUT2D eigenvalue weighted by atomic mass is 16.6. The molecule has 2 fully saturated rings. The molecule has 2 saturated heterocycles. The number of anilines is 3. The molecular weight excluding hydrogens is 707 g/mol. The van der Waals surface area contributed by atoms with E-state index in [0.717, 1.165) is 61.2 Å². The van der Waals surface area contributed by atoms with E-state index in [4.69, 9.17) is 9.47 Å². The van der Waals surface area contributed by atoms with Crippen molar-refractivity contribution in [2.45, 2.75) is 137 Å². The Morgan fingerprint density at radius 2 is 1.09 bits per heavy atom. The molecule has 9 atom stereocenters. The van der Waals surface area contributed by atoms with Crippen LogP contribution in [0.15, 0.2) is 72.8 Å². The zero-order chi connectivity index (χ0) is 40.2. The Morgan fingerprint density at radius 3 is 1.48 bits per heavy atom. The van der Waals surface area contributed by atoms with E-state index >= 15 is 0 Å². The van der Waals surface area contributed by atoms with Crippen molar-refractivity contribution in [3.8, 4) is 0 Å². The van der Waals surface area contributed by atoms with Crippen molar-refractivity contribution >= 4 is 23.0 Å². The number of carbonyl (C=O) groups excluding carboxylic acids is 1. The van der Waals surface area contributed by atoms with Crippen LogP contribution in [0.4, 0.5) is 17.1 Å². The zero-order valence-corrected chi connectivity index (χ0v) is 34.6. The zero-order valence-electron chi connectivity index (χ0n) is 34.6. The van der Waals surface area contributed by atoms with Crippen molar-refractivity contribution in [1.82, 2.24) is 20.7 Å². The summed E-state index contributed by atoms with van der Waals surface area (Å²) in [7, 11) is 0. The number of aliphatic hydroxyl groups is 2. The van der Waals surface area contributed by atoms with Gasteiger partial charge in [0.05, 0.1) is 13.2 Å². The SMILES string of the molecule is CCCCC(CC)COC(O)c1ccc(NC2NC(Nc3ccc(C(=O)NC(C)(C)C)cc3)N3C(Nc4ccc(C(O)OCC(CC)CCCC)cc4)N23)cc1. The van der Waals surface area contributed by atoms with Crippen LogP contribution < -0.4 is 26.6 Å². The molecule has 3 aromatic rings. The van der Waals surface area contributed by atoms with Gasteiger partial charge in [-0.3, -0.25) is 4.79 Å². The van der Waals surface area contributed by atoms with E-state index in [9.17, 15) is 15.0 Å². The number of rotatable bonds is 23. The van der Waals surface area contributed by atoms with Crippen LogP contribution >= 0.6 is 0 Å². The molecule has 12 nitrogen and oxygen atoms in total. The monoisotopic (exact) mass is 774 g/mol. The fraction of sp³-hybridized carbons (Fsp3) is 0.568. The minimum atomic E-state index is -0.974. The van der Waals surface area contributed by atoms with Gasteiger partial charge in [-0.1, -0.05) is 90.5 Å². The summed E-state index contributed by atoms with van der Waals surface area (Å²) in [4.78, 5) is 12.7. The Balaban J connectivity index is 1.23. The molecule has 9 unspecified atom stereocenters. The van der Waals surface area contributed by atoms with Gasteiger partial charge in [0.1, 0.15) is 0 Å². The largest absolute Gasteiger partial charge is 0.364 e. The highest BCUT2D eigenvalue weighted by Gasteiger charge is 2.60. The van der Waals surface area contributed by atoms with Crippen LogP contribution in [0, 0.1) is 11.8 Å². The molecule has 12 heteroatoms. The van der Waals surface area contributed by atoms with Crippen LogP contribution in [0.25, 0.3) is 0 Å². The number of benzene rings is 3. The fourth-order valence-corrected chi connectivity index (χ4v) is 6.92. The summed E-state index contributed by atoms with van der Waals surface area (Å²) in [5.41, 5.74) is 4.35. The average molecular weight is 774 g/mol. The molecule has 0 saturated carbocycles. The molecule has 0 aromatic heterocycles. The minimum absolute atomic E-state index is 0.113. The van der Waals surface area contributed by atoms with Crippen LogP contribution in [0.5, 0.6) is 0 Å². The number of fused-ring (bicyclic) bond motifs is 1. The molecular formula is C44H67N7O5. The molecule has 2 heterocycles. The molecule has 0 aliphatic carbocycles. The van der Waals surface area contributed by atoms with Gasteiger partial charge in [0.25, 0.3) is 5.91 Å². The highest BCUT2D eigenvalue weighted by Crippen LogP contribution is 2.38. The number of aliphatic hydroxyl groups excluding tert-OH is 2. The number of ether oxygens (including phenoxy) is 2.